The molecular formula is C14H19N5O. The number of anilines is 1. The Bertz CT molecular complexity index is 569. The Labute approximate surface area is 117 Å². The third-order valence-corrected chi connectivity index (χ3v) is 3.75. The number of hydrogen-bond acceptors (Lipinski definition) is 5. The van der Waals surface area contributed by atoms with Gasteiger partial charge in [0.2, 0.25) is 0 Å². The van der Waals surface area contributed by atoms with Gasteiger partial charge in [-0.05, 0) is 48.2 Å². The fourth-order valence-electron chi connectivity index (χ4n) is 2.67. The van der Waals surface area contributed by atoms with Gasteiger partial charge in [-0.15, -0.1) is 5.10 Å². The first kappa shape index (κ1) is 13.1. The topological polar surface area (TPSA) is 78.9 Å². The average molecular weight is 273 g/mol. The van der Waals surface area contributed by atoms with E-state index in [9.17, 15) is 0 Å². The second-order valence-corrected chi connectivity index (χ2v) is 5.19. The van der Waals surface area contributed by atoms with Gasteiger partial charge in [-0.3, -0.25) is 0 Å². The van der Waals surface area contributed by atoms with Crippen molar-refractivity contribution >= 4 is 5.69 Å². The summed E-state index contributed by atoms with van der Waals surface area (Å²) in [5.74, 6) is 0.735. The van der Waals surface area contributed by atoms with Crippen molar-refractivity contribution in [1.29, 1.82) is 0 Å². The Morgan fingerprint density at radius 1 is 1.45 bits per heavy atom. The van der Waals surface area contributed by atoms with E-state index in [1.54, 1.807) is 0 Å². The molecule has 2 aromatic rings. The van der Waals surface area contributed by atoms with Crippen LogP contribution in [0, 0.1) is 6.92 Å². The predicted octanol–water partition coefficient (Wildman–Crippen LogP) is 1.80. The molecule has 0 amide bonds. The molecule has 6 nitrogen and oxygen atoms in total. The number of ether oxygens (including phenoxy) is 1. The van der Waals surface area contributed by atoms with Crippen LogP contribution in [0.5, 0.6) is 0 Å². The third-order valence-electron chi connectivity index (χ3n) is 3.75. The maximum atomic E-state index is 6.07. The molecule has 0 aliphatic carbocycles. The Hall–Kier alpha value is -1.95. The minimum absolute atomic E-state index is 0.335. The van der Waals surface area contributed by atoms with Crippen LogP contribution in [0.4, 0.5) is 5.69 Å². The van der Waals surface area contributed by atoms with Gasteiger partial charge < -0.3 is 10.5 Å². The van der Waals surface area contributed by atoms with Crippen molar-refractivity contribution in [2.24, 2.45) is 0 Å². The summed E-state index contributed by atoms with van der Waals surface area (Å²) in [5, 5.41) is 12.0. The summed E-state index contributed by atoms with van der Waals surface area (Å²) < 4.78 is 7.46. The summed E-state index contributed by atoms with van der Waals surface area (Å²) in [5.41, 5.74) is 8.78. The maximum Gasteiger partial charge on any atom is 0.184 e. The molecule has 6 heteroatoms. The van der Waals surface area contributed by atoms with Crippen molar-refractivity contribution < 1.29 is 4.74 Å². The summed E-state index contributed by atoms with van der Waals surface area (Å²) in [6.07, 6.45) is 3.55. The highest BCUT2D eigenvalue weighted by atomic mass is 16.5. The molecule has 106 valence electrons. The molecule has 1 saturated heterocycles. The van der Waals surface area contributed by atoms with E-state index in [1.165, 1.54) is 0 Å². The van der Waals surface area contributed by atoms with Crippen LogP contribution in [0.3, 0.4) is 0 Å². The molecule has 0 radical (unpaired) electrons. The lowest BCUT2D eigenvalue weighted by molar-refractivity contribution is 0.0994. The molecular weight excluding hydrogens is 254 g/mol. The SMILES string of the molecule is Cc1cccc(N)c1-c1nnnn1CCC1CCCO1. The van der Waals surface area contributed by atoms with Gasteiger partial charge in [-0.1, -0.05) is 12.1 Å². The van der Waals surface area contributed by atoms with Crippen LogP contribution in [-0.4, -0.2) is 32.9 Å². The molecule has 20 heavy (non-hydrogen) atoms. The van der Waals surface area contributed by atoms with Crippen LogP contribution in [0.1, 0.15) is 24.8 Å². The quantitative estimate of drug-likeness (QED) is 0.859. The van der Waals surface area contributed by atoms with Crippen molar-refractivity contribution in [2.45, 2.75) is 38.8 Å². The highest BCUT2D eigenvalue weighted by molar-refractivity contribution is 5.74. The lowest BCUT2D eigenvalue weighted by Crippen LogP contribution is -2.12. The lowest BCUT2D eigenvalue weighted by atomic mass is 10.1. The standard InChI is InChI=1S/C14H19N5O/c1-10-4-2-6-12(15)13(10)14-16-17-18-19(14)8-7-11-5-3-9-20-11/h2,4,6,11H,3,5,7-9,15H2,1H3. The molecule has 1 aromatic carbocycles. The smallest absolute Gasteiger partial charge is 0.184 e. The lowest BCUT2D eigenvalue weighted by Gasteiger charge is -2.12. The molecule has 1 aliphatic heterocycles. The zero-order valence-electron chi connectivity index (χ0n) is 11.6. The molecule has 1 fully saturated rings. The minimum Gasteiger partial charge on any atom is -0.398 e. The number of nitrogens with two attached hydrogens (primary N) is 1. The molecule has 1 unspecified atom stereocenters. The Balaban J connectivity index is 1.82. The summed E-state index contributed by atoms with van der Waals surface area (Å²) in [7, 11) is 0. The molecule has 1 atom stereocenters. The summed E-state index contributed by atoms with van der Waals surface area (Å²) in [4.78, 5) is 0. The first-order valence-electron chi connectivity index (χ1n) is 6.99. The Morgan fingerprint density at radius 2 is 2.35 bits per heavy atom. The predicted molar refractivity (Wildman–Crippen MR) is 76.0 cm³/mol. The summed E-state index contributed by atoms with van der Waals surface area (Å²) in [6, 6.07) is 5.83. The van der Waals surface area contributed by atoms with Crippen LogP contribution >= 0.6 is 0 Å². The van der Waals surface area contributed by atoms with Gasteiger partial charge in [0, 0.05) is 24.4 Å². The number of benzene rings is 1. The number of nitrogen functional groups attached to an aromatic ring is 1. The van der Waals surface area contributed by atoms with Gasteiger partial charge in [0.25, 0.3) is 0 Å². The van der Waals surface area contributed by atoms with E-state index < -0.39 is 0 Å². The third kappa shape index (κ3) is 2.51. The van der Waals surface area contributed by atoms with Crippen molar-refractivity contribution in [3.63, 3.8) is 0 Å². The molecule has 0 saturated carbocycles. The second kappa shape index (κ2) is 5.58. The van der Waals surface area contributed by atoms with Crippen LogP contribution in [0.15, 0.2) is 18.2 Å². The number of tetrazole rings is 1. The van der Waals surface area contributed by atoms with Crippen molar-refractivity contribution in [2.75, 3.05) is 12.3 Å². The van der Waals surface area contributed by atoms with Crippen LogP contribution in [0.2, 0.25) is 0 Å². The van der Waals surface area contributed by atoms with E-state index >= 15 is 0 Å². The molecule has 2 heterocycles. The summed E-state index contributed by atoms with van der Waals surface area (Å²) in [6.45, 7) is 3.64. The number of aryl methyl sites for hydroxylation is 2. The minimum atomic E-state index is 0.335. The Morgan fingerprint density at radius 3 is 3.10 bits per heavy atom. The van der Waals surface area contributed by atoms with Gasteiger partial charge in [0.15, 0.2) is 5.82 Å². The van der Waals surface area contributed by atoms with Gasteiger partial charge in [0.05, 0.1) is 6.10 Å². The maximum absolute atomic E-state index is 6.07. The van der Waals surface area contributed by atoms with Gasteiger partial charge >= 0.3 is 0 Å². The monoisotopic (exact) mass is 273 g/mol. The molecule has 2 N–H and O–H groups in total. The fraction of sp³-hybridized carbons (Fsp3) is 0.500. The van der Waals surface area contributed by atoms with Crippen molar-refractivity contribution in [3.05, 3.63) is 23.8 Å². The van der Waals surface area contributed by atoms with E-state index in [0.29, 0.717) is 11.8 Å². The highest BCUT2D eigenvalue weighted by Crippen LogP contribution is 2.27. The van der Waals surface area contributed by atoms with E-state index in [-0.39, 0.29) is 0 Å². The largest absolute Gasteiger partial charge is 0.398 e. The average Bonchev–Trinajstić information content (AvgIpc) is 3.07. The second-order valence-electron chi connectivity index (χ2n) is 5.19. The van der Waals surface area contributed by atoms with Gasteiger partial charge in [-0.2, -0.15) is 0 Å². The molecule has 3 rings (SSSR count). The highest BCUT2D eigenvalue weighted by Gasteiger charge is 2.18. The number of hydrogen-bond donors (Lipinski definition) is 1. The van der Waals surface area contributed by atoms with Crippen LogP contribution in [-0.2, 0) is 11.3 Å². The number of nitrogens with zero attached hydrogens (tertiary/aromatic N) is 4. The van der Waals surface area contributed by atoms with E-state index in [0.717, 1.165) is 49.4 Å². The normalized spacial score (nSPS) is 18.6. The Kier molecular flexibility index (Phi) is 3.64. The van der Waals surface area contributed by atoms with Crippen molar-refractivity contribution in [3.8, 4) is 11.4 Å². The first-order chi connectivity index (χ1) is 9.75. The van der Waals surface area contributed by atoms with Gasteiger partial charge in [-0.25, -0.2) is 4.68 Å². The fourth-order valence-corrected chi connectivity index (χ4v) is 2.67. The molecule has 0 spiro atoms. The van der Waals surface area contributed by atoms with E-state index in [4.69, 9.17) is 10.5 Å². The van der Waals surface area contributed by atoms with Crippen molar-refractivity contribution in [1.82, 2.24) is 20.2 Å². The molecule has 1 aliphatic rings. The number of aromatic nitrogens is 4. The molecule has 0 bridgehead atoms. The van der Waals surface area contributed by atoms with Crippen LogP contribution in [0.25, 0.3) is 11.4 Å². The summed E-state index contributed by atoms with van der Waals surface area (Å²) >= 11 is 0. The van der Waals surface area contributed by atoms with Gasteiger partial charge in [0.1, 0.15) is 0 Å². The first-order valence-corrected chi connectivity index (χ1v) is 6.99. The molecule has 1 aromatic heterocycles. The van der Waals surface area contributed by atoms with E-state index in [1.807, 2.05) is 29.8 Å². The number of rotatable bonds is 4. The zero-order chi connectivity index (χ0) is 13.9. The van der Waals surface area contributed by atoms with E-state index in [2.05, 4.69) is 15.5 Å². The zero-order valence-corrected chi connectivity index (χ0v) is 11.6. The van der Waals surface area contributed by atoms with Crippen LogP contribution < -0.4 is 5.73 Å².